The lowest BCUT2D eigenvalue weighted by Crippen LogP contribution is -2.49. The first-order valence-electron chi connectivity index (χ1n) is 10.0. The molecule has 1 aromatic rings. The summed E-state index contributed by atoms with van der Waals surface area (Å²) in [6.07, 6.45) is 6.81. The average Bonchev–Trinajstić information content (AvgIpc) is 3.47. The number of hydrogen-bond acceptors (Lipinski definition) is 4. The highest BCUT2D eigenvalue weighted by Gasteiger charge is 2.21. The quantitative estimate of drug-likeness (QED) is 0.256. The molecule has 3 rings (SSSR count). The molecule has 0 atom stereocenters. The summed E-state index contributed by atoms with van der Waals surface area (Å²) < 4.78 is 5.67. The van der Waals surface area contributed by atoms with Crippen LogP contribution in [0.4, 0.5) is 5.82 Å². The molecule has 0 radical (unpaired) electrons. The smallest absolute Gasteiger partial charge is 0.191 e. The summed E-state index contributed by atoms with van der Waals surface area (Å²) in [6, 6.07) is 4.71. The minimum Gasteiger partial charge on any atom is -0.379 e. The Hall–Kier alpha value is -1.09. The van der Waals surface area contributed by atoms with Gasteiger partial charge in [0.25, 0.3) is 0 Å². The third-order valence-corrected chi connectivity index (χ3v) is 4.96. The van der Waals surface area contributed by atoms with Crippen LogP contribution in [0.1, 0.15) is 38.2 Å². The van der Waals surface area contributed by atoms with E-state index in [2.05, 4.69) is 51.5 Å². The SMILES string of the molecule is CCNC(=NCCOCC1CC1)NC1CCN(c2ccc(C)cn2)CC1.I. The van der Waals surface area contributed by atoms with E-state index in [1.807, 2.05) is 6.20 Å². The number of nitrogens with one attached hydrogen (secondary N) is 2. The van der Waals surface area contributed by atoms with E-state index < -0.39 is 0 Å². The van der Waals surface area contributed by atoms with Gasteiger partial charge < -0.3 is 20.3 Å². The van der Waals surface area contributed by atoms with Crippen LogP contribution in [0.5, 0.6) is 0 Å². The normalized spacial score (nSPS) is 18.1. The third-order valence-electron chi connectivity index (χ3n) is 4.96. The molecule has 27 heavy (non-hydrogen) atoms. The lowest BCUT2D eigenvalue weighted by atomic mass is 10.1. The number of pyridine rings is 1. The van der Waals surface area contributed by atoms with Gasteiger partial charge in [-0.2, -0.15) is 0 Å². The third kappa shape index (κ3) is 7.81. The standard InChI is InChI=1S/C20H33N5O.HI/c1-3-21-20(22-10-13-26-15-17-5-6-17)24-18-8-11-25(12-9-18)19-7-4-16(2)14-23-19;/h4,7,14,17-18H,3,5-6,8-13,15H2,1-2H3,(H2,21,22,24);1H. The van der Waals surface area contributed by atoms with Crippen molar-refractivity contribution in [1.82, 2.24) is 15.6 Å². The summed E-state index contributed by atoms with van der Waals surface area (Å²) in [6.45, 7) is 9.44. The van der Waals surface area contributed by atoms with Crippen molar-refractivity contribution in [3.63, 3.8) is 0 Å². The molecule has 0 spiro atoms. The van der Waals surface area contributed by atoms with Crippen LogP contribution >= 0.6 is 24.0 Å². The molecule has 1 aliphatic heterocycles. The van der Waals surface area contributed by atoms with Crippen molar-refractivity contribution < 1.29 is 4.74 Å². The Morgan fingerprint density at radius 3 is 2.67 bits per heavy atom. The van der Waals surface area contributed by atoms with Crippen LogP contribution in [0.15, 0.2) is 23.3 Å². The molecule has 6 nitrogen and oxygen atoms in total. The number of aromatic nitrogens is 1. The van der Waals surface area contributed by atoms with E-state index in [0.717, 1.165) is 56.8 Å². The summed E-state index contributed by atoms with van der Waals surface area (Å²) in [7, 11) is 0. The van der Waals surface area contributed by atoms with Crippen molar-refractivity contribution in [2.75, 3.05) is 44.3 Å². The van der Waals surface area contributed by atoms with E-state index >= 15 is 0 Å². The van der Waals surface area contributed by atoms with Gasteiger partial charge in [0, 0.05) is 38.5 Å². The van der Waals surface area contributed by atoms with Crippen LogP contribution in [0.25, 0.3) is 0 Å². The zero-order chi connectivity index (χ0) is 18.2. The number of halogens is 1. The number of aliphatic imine (C=N–C) groups is 1. The predicted molar refractivity (Wildman–Crippen MR) is 122 cm³/mol. The number of ether oxygens (including phenoxy) is 1. The lowest BCUT2D eigenvalue weighted by Gasteiger charge is -2.33. The topological polar surface area (TPSA) is 61.8 Å². The van der Waals surface area contributed by atoms with Crippen molar-refractivity contribution in [3.8, 4) is 0 Å². The summed E-state index contributed by atoms with van der Waals surface area (Å²) >= 11 is 0. The van der Waals surface area contributed by atoms with Crippen molar-refractivity contribution >= 4 is 35.8 Å². The highest BCUT2D eigenvalue weighted by atomic mass is 127. The van der Waals surface area contributed by atoms with Crippen LogP contribution in [0.3, 0.4) is 0 Å². The molecular weight excluding hydrogens is 453 g/mol. The Morgan fingerprint density at radius 2 is 2.04 bits per heavy atom. The van der Waals surface area contributed by atoms with E-state index in [1.165, 1.54) is 18.4 Å². The van der Waals surface area contributed by atoms with Crippen molar-refractivity contribution in [1.29, 1.82) is 0 Å². The van der Waals surface area contributed by atoms with Gasteiger partial charge in [0.2, 0.25) is 0 Å². The molecule has 2 N–H and O–H groups in total. The van der Waals surface area contributed by atoms with Gasteiger partial charge in [0.1, 0.15) is 5.82 Å². The Kier molecular flexibility index (Phi) is 9.61. The highest BCUT2D eigenvalue weighted by molar-refractivity contribution is 14.0. The molecule has 7 heteroatoms. The average molecular weight is 487 g/mol. The van der Waals surface area contributed by atoms with Gasteiger partial charge in [-0.15, -0.1) is 24.0 Å². The van der Waals surface area contributed by atoms with Gasteiger partial charge in [-0.1, -0.05) is 6.07 Å². The zero-order valence-electron chi connectivity index (χ0n) is 16.6. The monoisotopic (exact) mass is 487 g/mol. The number of hydrogen-bond donors (Lipinski definition) is 2. The van der Waals surface area contributed by atoms with E-state index in [9.17, 15) is 0 Å². The van der Waals surface area contributed by atoms with Crippen LogP contribution in [-0.4, -0.2) is 56.4 Å². The van der Waals surface area contributed by atoms with E-state index in [-0.39, 0.29) is 24.0 Å². The highest BCUT2D eigenvalue weighted by Crippen LogP contribution is 2.28. The Balaban J connectivity index is 0.00000261. The van der Waals surface area contributed by atoms with Gasteiger partial charge in [0.15, 0.2) is 5.96 Å². The molecule has 2 fully saturated rings. The van der Waals surface area contributed by atoms with Crippen LogP contribution < -0.4 is 15.5 Å². The number of nitrogens with zero attached hydrogens (tertiary/aromatic N) is 3. The molecular formula is C20H34IN5O. The van der Waals surface area contributed by atoms with Crippen molar-refractivity contribution in [3.05, 3.63) is 23.9 Å². The molecule has 0 bridgehead atoms. The number of aryl methyl sites for hydroxylation is 1. The number of rotatable bonds is 8. The first kappa shape index (κ1) is 22.2. The van der Waals surface area contributed by atoms with Gasteiger partial charge in [-0.3, -0.25) is 4.99 Å². The van der Waals surface area contributed by atoms with Gasteiger partial charge in [-0.05, 0) is 57.1 Å². The first-order valence-corrected chi connectivity index (χ1v) is 10.0. The Labute approximate surface area is 180 Å². The molecule has 1 saturated carbocycles. The number of guanidine groups is 1. The minimum absolute atomic E-state index is 0. The van der Waals surface area contributed by atoms with Crippen molar-refractivity contribution in [2.45, 2.75) is 45.6 Å². The van der Waals surface area contributed by atoms with Crippen molar-refractivity contribution in [2.24, 2.45) is 10.9 Å². The largest absolute Gasteiger partial charge is 0.379 e. The maximum atomic E-state index is 5.67. The fourth-order valence-corrected chi connectivity index (χ4v) is 3.17. The summed E-state index contributed by atoms with van der Waals surface area (Å²) in [4.78, 5) is 11.6. The van der Waals surface area contributed by atoms with Gasteiger partial charge in [0.05, 0.1) is 13.2 Å². The van der Waals surface area contributed by atoms with E-state index in [1.54, 1.807) is 0 Å². The minimum atomic E-state index is 0. The van der Waals surface area contributed by atoms with Crippen LogP contribution in [-0.2, 0) is 4.74 Å². The summed E-state index contributed by atoms with van der Waals surface area (Å²) in [5.41, 5.74) is 1.21. The maximum Gasteiger partial charge on any atom is 0.191 e. The van der Waals surface area contributed by atoms with Crippen LogP contribution in [0.2, 0.25) is 0 Å². The lowest BCUT2D eigenvalue weighted by molar-refractivity contribution is 0.131. The molecule has 1 aliphatic carbocycles. The van der Waals surface area contributed by atoms with Gasteiger partial charge in [-0.25, -0.2) is 4.98 Å². The maximum absolute atomic E-state index is 5.67. The molecule has 152 valence electrons. The van der Waals surface area contributed by atoms with Crippen LogP contribution in [0, 0.1) is 12.8 Å². The Morgan fingerprint density at radius 1 is 1.26 bits per heavy atom. The zero-order valence-corrected chi connectivity index (χ0v) is 18.9. The van der Waals surface area contributed by atoms with Gasteiger partial charge >= 0.3 is 0 Å². The molecule has 2 heterocycles. The molecule has 2 aliphatic rings. The van der Waals surface area contributed by atoms with E-state index in [4.69, 9.17) is 4.74 Å². The second kappa shape index (κ2) is 11.7. The number of piperidine rings is 1. The first-order chi connectivity index (χ1) is 12.7. The molecule has 0 aromatic carbocycles. The predicted octanol–water partition coefficient (Wildman–Crippen LogP) is 2.96. The van der Waals surface area contributed by atoms with E-state index in [0.29, 0.717) is 19.2 Å². The molecule has 0 amide bonds. The second-order valence-electron chi connectivity index (χ2n) is 7.38. The second-order valence-corrected chi connectivity index (χ2v) is 7.38. The molecule has 0 unspecified atom stereocenters. The summed E-state index contributed by atoms with van der Waals surface area (Å²) in [5.74, 6) is 2.82. The fraction of sp³-hybridized carbons (Fsp3) is 0.700. The number of anilines is 1. The fourth-order valence-electron chi connectivity index (χ4n) is 3.17. The molecule has 1 aromatic heterocycles. The molecule has 1 saturated heterocycles. The summed E-state index contributed by atoms with van der Waals surface area (Å²) in [5, 5.41) is 6.93. The Bertz CT molecular complexity index is 568.